The molecule has 1 saturated carbocycles. The van der Waals surface area contributed by atoms with Crippen molar-refractivity contribution in [2.45, 2.75) is 18.9 Å². The lowest BCUT2D eigenvalue weighted by molar-refractivity contribution is -0.384. The number of rotatable bonds is 3. The Morgan fingerprint density at radius 1 is 1.44 bits per heavy atom. The van der Waals surface area contributed by atoms with Crippen LogP contribution >= 0.6 is 11.6 Å². The van der Waals surface area contributed by atoms with E-state index in [1.165, 1.54) is 6.07 Å². The van der Waals surface area contributed by atoms with Gasteiger partial charge in [0.1, 0.15) is 6.33 Å². The smallest absolute Gasteiger partial charge is 0.281 e. The summed E-state index contributed by atoms with van der Waals surface area (Å²) in [6, 6.07) is 4.94. The summed E-state index contributed by atoms with van der Waals surface area (Å²) in [7, 11) is 0. The first-order chi connectivity index (χ1) is 8.66. The molecule has 1 aliphatic rings. The van der Waals surface area contributed by atoms with Crippen LogP contribution in [0.1, 0.15) is 18.9 Å². The molecule has 2 aromatic rings. The van der Waals surface area contributed by atoms with Crippen LogP contribution in [0.3, 0.4) is 0 Å². The van der Waals surface area contributed by atoms with E-state index in [1.807, 2.05) is 4.57 Å². The highest BCUT2D eigenvalue weighted by atomic mass is 35.5. The van der Waals surface area contributed by atoms with Crippen LogP contribution in [0.25, 0.3) is 11.4 Å². The lowest BCUT2D eigenvalue weighted by Crippen LogP contribution is -1.99. The molecule has 1 aliphatic carbocycles. The minimum Gasteiger partial charge on any atom is -0.310 e. The Kier molecular flexibility index (Phi) is 2.52. The molecule has 0 atom stereocenters. The molecular formula is C11H9ClN4O2. The number of hydrogen-bond acceptors (Lipinski definition) is 4. The lowest BCUT2D eigenvalue weighted by atomic mass is 10.1. The second kappa shape index (κ2) is 4.06. The quantitative estimate of drug-likeness (QED) is 0.631. The van der Waals surface area contributed by atoms with Crippen LogP contribution in [0.4, 0.5) is 5.69 Å². The molecule has 1 aromatic heterocycles. The first-order valence-corrected chi connectivity index (χ1v) is 5.88. The Bertz CT molecular complexity index is 621. The first kappa shape index (κ1) is 11.2. The van der Waals surface area contributed by atoms with Gasteiger partial charge in [-0.25, -0.2) is 0 Å². The van der Waals surface area contributed by atoms with Gasteiger partial charge in [-0.3, -0.25) is 10.1 Å². The van der Waals surface area contributed by atoms with E-state index in [-0.39, 0.29) is 5.69 Å². The van der Waals surface area contributed by atoms with E-state index < -0.39 is 4.92 Å². The van der Waals surface area contributed by atoms with Crippen molar-refractivity contribution in [3.8, 4) is 11.4 Å². The summed E-state index contributed by atoms with van der Waals surface area (Å²) >= 11 is 5.79. The molecule has 1 fully saturated rings. The molecule has 0 bridgehead atoms. The zero-order chi connectivity index (χ0) is 12.7. The van der Waals surface area contributed by atoms with Crippen molar-refractivity contribution in [1.82, 2.24) is 14.8 Å². The predicted octanol–water partition coefficient (Wildman–Crippen LogP) is 2.84. The van der Waals surface area contributed by atoms with E-state index in [0.717, 1.165) is 12.8 Å². The third kappa shape index (κ3) is 1.84. The van der Waals surface area contributed by atoms with Gasteiger partial charge in [-0.05, 0) is 25.0 Å². The summed E-state index contributed by atoms with van der Waals surface area (Å²) in [5, 5.41) is 19.2. The molecule has 7 heteroatoms. The maximum atomic E-state index is 11.1. The summed E-state index contributed by atoms with van der Waals surface area (Å²) < 4.78 is 1.89. The highest BCUT2D eigenvalue weighted by molar-refractivity contribution is 6.30. The normalized spacial score (nSPS) is 14.7. The van der Waals surface area contributed by atoms with Crippen molar-refractivity contribution >= 4 is 17.3 Å². The molecule has 1 aromatic carbocycles. The molecule has 92 valence electrons. The minimum atomic E-state index is -0.451. The van der Waals surface area contributed by atoms with Gasteiger partial charge >= 0.3 is 0 Å². The van der Waals surface area contributed by atoms with Crippen LogP contribution in [0.15, 0.2) is 24.5 Å². The van der Waals surface area contributed by atoms with E-state index in [1.54, 1.807) is 18.5 Å². The van der Waals surface area contributed by atoms with Crippen molar-refractivity contribution in [1.29, 1.82) is 0 Å². The SMILES string of the molecule is O=[N+]([O-])c1cc(Cl)ccc1-c1nncn1C1CC1. The van der Waals surface area contributed by atoms with Crippen LogP contribution < -0.4 is 0 Å². The fourth-order valence-electron chi connectivity index (χ4n) is 1.90. The van der Waals surface area contributed by atoms with Crippen LogP contribution in [0, 0.1) is 10.1 Å². The maximum Gasteiger partial charge on any atom is 0.281 e. The number of halogens is 1. The number of hydrogen-bond donors (Lipinski definition) is 0. The number of nitro groups is 1. The van der Waals surface area contributed by atoms with Crippen LogP contribution in [0.5, 0.6) is 0 Å². The summed E-state index contributed by atoms with van der Waals surface area (Å²) in [5.74, 6) is 0.529. The fraction of sp³-hybridized carbons (Fsp3) is 0.273. The van der Waals surface area contributed by atoms with E-state index in [9.17, 15) is 10.1 Å². The van der Waals surface area contributed by atoms with E-state index in [0.29, 0.717) is 22.5 Å². The molecule has 1 heterocycles. The van der Waals surface area contributed by atoms with Crippen molar-refractivity contribution in [2.75, 3.05) is 0 Å². The van der Waals surface area contributed by atoms with E-state index >= 15 is 0 Å². The zero-order valence-electron chi connectivity index (χ0n) is 9.28. The largest absolute Gasteiger partial charge is 0.310 e. The van der Waals surface area contributed by atoms with Gasteiger partial charge in [0.2, 0.25) is 0 Å². The van der Waals surface area contributed by atoms with Crippen molar-refractivity contribution < 1.29 is 4.92 Å². The van der Waals surface area contributed by atoms with Gasteiger partial charge in [-0.1, -0.05) is 11.6 Å². The number of benzene rings is 1. The van der Waals surface area contributed by atoms with Gasteiger partial charge in [0.15, 0.2) is 5.82 Å². The molecule has 0 unspecified atom stereocenters. The van der Waals surface area contributed by atoms with Crippen molar-refractivity contribution in [2.24, 2.45) is 0 Å². The summed E-state index contributed by atoms with van der Waals surface area (Å²) in [4.78, 5) is 10.6. The average molecular weight is 265 g/mol. The predicted molar refractivity (Wildman–Crippen MR) is 65.4 cm³/mol. The molecule has 0 N–H and O–H groups in total. The molecule has 6 nitrogen and oxygen atoms in total. The summed E-state index contributed by atoms with van der Waals surface area (Å²) in [6.45, 7) is 0. The standard InChI is InChI=1S/C11H9ClN4O2/c12-7-1-4-9(10(5-7)16(17)18)11-14-13-6-15(11)8-2-3-8/h1,4-6,8H,2-3H2. The number of nitro benzene ring substituents is 1. The molecule has 0 aliphatic heterocycles. The maximum absolute atomic E-state index is 11.1. The highest BCUT2D eigenvalue weighted by Crippen LogP contribution is 2.39. The summed E-state index contributed by atoms with van der Waals surface area (Å²) in [6.07, 6.45) is 3.74. The van der Waals surface area contributed by atoms with Gasteiger partial charge < -0.3 is 4.57 Å². The second-order valence-corrected chi connectivity index (χ2v) is 4.65. The van der Waals surface area contributed by atoms with Crippen molar-refractivity contribution in [3.63, 3.8) is 0 Å². The molecule has 0 amide bonds. The second-order valence-electron chi connectivity index (χ2n) is 4.21. The summed E-state index contributed by atoms with van der Waals surface area (Å²) in [5.41, 5.74) is 0.409. The Morgan fingerprint density at radius 3 is 2.89 bits per heavy atom. The van der Waals surface area contributed by atoms with E-state index in [2.05, 4.69) is 10.2 Å². The number of aromatic nitrogens is 3. The van der Waals surface area contributed by atoms with Crippen LogP contribution in [-0.2, 0) is 0 Å². The van der Waals surface area contributed by atoms with Gasteiger partial charge in [-0.2, -0.15) is 0 Å². The van der Waals surface area contributed by atoms with Gasteiger partial charge in [0.05, 0.1) is 10.5 Å². The molecular weight excluding hydrogens is 256 g/mol. The Balaban J connectivity index is 2.15. The molecule has 18 heavy (non-hydrogen) atoms. The lowest BCUT2D eigenvalue weighted by Gasteiger charge is -2.05. The third-order valence-corrected chi connectivity index (χ3v) is 3.15. The Hall–Kier alpha value is -1.95. The van der Waals surface area contributed by atoms with Crippen LogP contribution in [-0.4, -0.2) is 19.7 Å². The first-order valence-electron chi connectivity index (χ1n) is 5.50. The van der Waals surface area contributed by atoms with Crippen LogP contribution in [0.2, 0.25) is 5.02 Å². The molecule has 3 rings (SSSR count). The van der Waals surface area contributed by atoms with Gasteiger partial charge in [0, 0.05) is 17.1 Å². The average Bonchev–Trinajstić information content (AvgIpc) is 3.07. The molecule has 0 saturated heterocycles. The zero-order valence-corrected chi connectivity index (χ0v) is 10.0. The highest BCUT2D eigenvalue weighted by Gasteiger charge is 2.29. The monoisotopic (exact) mass is 264 g/mol. The molecule has 0 spiro atoms. The van der Waals surface area contributed by atoms with Crippen molar-refractivity contribution in [3.05, 3.63) is 39.7 Å². The Morgan fingerprint density at radius 2 is 2.22 bits per heavy atom. The van der Waals surface area contributed by atoms with Gasteiger partial charge in [-0.15, -0.1) is 10.2 Å². The Labute approximate surface area is 107 Å². The minimum absolute atomic E-state index is 0.0441. The molecule has 0 radical (unpaired) electrons. The van der Waals surface area contributed by atoms with E-state index in [4.69, 9.17) is 11.6 Å². The third-order valence-electron chi connectivity index (χ3n) is 2.91. The fourth-order valence-corrected chi connectivity index (χ4v) is 2.07. The number of nitrogens with zero attached hydrogens (tertiary/aromatic N) is 4. The topological polar surface area (TPSA) is 73.8 Å². The van der Waals surface area contributed by atoms with Gasteiger partial charge in [0.25, 0.3) is 5.69 Å².